The molecule has 2 aromatic rings. The van der Waals surface area contributed by atoms with E-state index in [-0.39, 0.29) is 42.5 Å². The maximum Gasteiger partial charge on any atom is 0.316 e. The quantitative estimate of drug-likeness (QED) is 0.264. The number of carbonyl (C=O) groups is 4. The Morgan fingerprint density at radius 3 is 2.03 bits per heavy atom. The number of imide groups is 1. The van der Waals surface area contributed by atoms with Gasteiger partial charge in [0, 0.05) is 18.7 Å². The van der Waals surface area contributed by atoms with Gasteiger partial charge in [-0.2, -0.15) is 0 Å². The van der Waals surface area contributed by atoms with Gasteiger partial charge in [0.1, 0.15) is 5.75 Å². The van der Waals surface area contributed by atoms with Crippen LogP contribution in [-0.2, 0) is 32.0 Å². The predicted octanol–water partition coefficient (Wildman–Crippen LogP) is 4.23. The fraction of sp³-hybridized carbons (Fsp3) is 0.379. The van der Waals surface area contributed by atoms with E-state index in [4.69, 9.17) is 4.74 Å². The van der Waals surface area contributed by atoms with Crippen molar-refractivity contribution in [2.45, 2.75) is 46.0 Å². The Bertz CT molecular complexity index is 1200. The molecule has 0 saturated carbocycles. The largest absolute Gasteiger partial charge is 0.426 e. The van der Waals surface area contributed by atoms with Crippen molar-refractivity contribution in [3.63, 3.8) is 0 Å². The van der Waals surface area contributed by atoms with Gasteiger partial charge >= 0.3 is 5.97 Å². The van der Waals surface area contributed by atoms with Crippen LogP contribution in [0.15, 0.2) is 54.6 Å². The molecule has 3 aliphatic rings. The molecule has 0 bridgehead atoms. The summed E-state index contributed by atoms with van der Waals surface area (Å²) >= 11 is 0. The lowest BCUT2D eigenvalue weighted by Crippen LogP contribution is -2.30. The van der Waals surface area contributed by atoms with Gasteiger partial charge in [-0.05, 0) is 61.1 Å². The molecule has 0 N–H and O–H groups in total. The summed E-state index contributed by atoms with van der Waals surface area (Å²) in [6.45, 7) is 4.40. The van der Waals surface area contributed by atoms with Gasteiger partial charge in [0.05, 0.1) is 23.4 Å². The molecule has 3 amide bonds. The minimum Gasteiger partial charge on any atom is -0.426 e. The van der Waals surface area contributed by atoms with Crippen LogP contribution in [0.5, 0.6) is 5.75 Å². The number of para-hydroxylation sites is 1. The molecule has 5 rings (SSSR count). The van der Waals surface area contributed by atoms with Crippen molar-refractivity contribution in [3.8, 4) is 5.75 Å². The van der Waals surface area contributed by atoms with Gasteiger partial charge < -0.3 is 9.64 Å². The summed E-state index contributed by atoms with van der Waals surface area (Å²) in [6, 6.07) is 12.5. The maximum atomic E-state index is 12.9. The van der Waals surface area contributed by atoms with Crippen LogP contribution in [0.25, 0.3) is 0 Å². The Hall–Kier alpha value is -3.74. The SMILES string of the molecule is CCc1cccc(CC)c1N1C[C@@H](C(=O)Oc2ccc(N3C(=O)[C@H]4CC=CC[C@H]4C3=O)cc2)CC1=O. The smallest absolute Gasteiger partial charge is 0.316 e. The fourth-order valence-corrected chi connectivity index (χ4v) is 5.56. The molecule has 0 unspecified atom stereocenters. The van der Waals surface area contributed by atoms with E-state index in [9.17, 15) is 19.2 Å². The summed E-state index contributed by atoms with van der Waals surface area (Å²) < 4.78 is 5.59. The number of carbonyl (C=O) groups excluding carboxylic acids is 4. The number of aryl methyl sites for hydroxylation is 2. The highest BCUT2D eigenvalue weighted by Gasteiger charge is 2.47. The van der Waals surface area contributed by atoms with Crippen LogP contribution in [-0.4, -0.2) is 30.2 Å². The zero-order chi connectivity index (χ0) is 25.4. The molecule has 0 spiro atoms. The zero-order valence-corrected chi connectivity index (χ0v) is 20.6. The Kier molecular flexibility index (Phi) is 6.48. The maximum absolute atomic E-state index is 12.9. The standard InChI is InChI=1S/C29H30N2O5/c1-3-18-8-7-9-19(4-2)26(18)30-17-20(16-25(30)32)29(35)36-22-14-12-21(13-15-22)31-27(33)23-10-5-6-11-24(23)28(31)34/h5-9,12-15,20,23-24H,3-4,10-11,16-17H2,1-2H3/t20-,23-,24+/m0/s1. The lowest BCUT2D eigenvalue weighted by molar-refractivity contribution is -0.139. The average Bonchev–Trinajstić information content (AvgIpc) is 3.41. The number of ether oxygens (including phenoxy) is 1. The summed E-state index contributed by atoms with van der Waals surface area (Å²) in [5.74, 6) is -1.74. The number of nitrogens with zero attached hydrogens (tertiary/aromatic N) is 2. The monoisotopic (exact) mass is 486 g/mol. The summed E-state index contributed by atoms with van der Waals surface area (Å²) in [6.07, 6.45) is 6.78. The summed E-state index contributed by atoms with van der Waals surface area (Å²) in [4.78, 5) is 54.4. The molecule has 7 heteroatoms. The molecule has 186 valence electrons. The number of hydrogen-bond acceptors (Lipinski definition) is 5. The molecule has 36 heavy (non-hydrogen) atoms. The summed E-state index contributed by atoms with van der Waals surface area (Å²) in [5, 5.41) is 0. The minimum absolute atomic E-state index is 0.0788. The van der Waals surface area contributed by atoms with Gasteiger partial charge in [-0.1, -0.05) is 44.2 Å². The van der Waals surface area contributed by atoms with E-state index in [0.29, 0.717) is 24.3 Å². The van der Waals surface area contributed by atoms with Gasteiger partial charge in [-0.15, -0.1) is 0 Å². The molecule has 2 fully saturated rings. The second-order valence-corrected chi connectivity index (χ2v) is 9.62. The van der Waals surface area contributed by atoms with Crippen LogP contribution in [0, 0.1) is 17.8 Å². The van der Waals surface area contributed by atoms with E-state index in [0.717, 1.165) is 29.7 Å². The lowest BCUT2D eigenvalue weighted by atomic mass is 9.85. The first kappa shape index (κ1) is 24.0. The van der Waals surface area contributed by atoms with Crippen LogP contribution in [0.2, 0.25) is 0 Å². The van der Waals surface area contributed by atoms with Crippen LogP contribution >= 0.6 is 0 Å². The van der Waals surface area contributed by atoms with Gasteiger partial charge in [0.2, 0.25) is 17.7 Å². The number of benzene rings is 2. The first-order valence-electron chi connectivity index (χ1n) is 12.7. The third-order valence-electron chi connectivity index (χ3n) is 7.51. The molecule has 2 aliphatic heterocycles. The van der Waals surface area contributed by atoms with Crippen molar-refractivity contribution in [2.24, 2.45) is 17.8 Å². The van der Waals surface area contributed by atoms with Gasteiger partial charge in [-0.25, -0.2) is 0 Å². The summed E-state index contributed by atoms with van der Waals surface area (Å²) in [5.41, 5.74) is 3.58. The number of anilines is 2. The van der Waals surface area contributed by atoms with Crippen molar-refractivity contribution in [1.29, 1.82) is 0 Å². The van der Waals surface area contributed by atoms with Crippen molar-refractivity contribution >= 4 is 35.1 Å². The number of allylic oxidation sites excluding steroid dienone is 2. The molecule has 2 heterocycles. The van der Waals surface area contributed by atoms with Crippen LogP contribution in [0.1, 0.15) is 44.2 Å². The molecule has 2 aromatic carbocycles. The first-order valence-corrected chi connectivity index (χ1v) is 12.7. The van der Waals surface area contributed by atoms with Gasteiger partial charge in [0.25, 0.3) is 0 Å². The normalized spacial score (nSPS) is 23.4. The highest BCUT2D eigenvalue weighted by molar-refractivity contribution is 6.22. The van der Waals surface area contributed by atoms with Crippen LogP contribution in [0.3, 0.4) is 0 Å². The van der Waals surface area contributed by atoms with Gasteiger partial charge in [0.15, 0.2) is 0 Å². The molecular weight excluding hydrogens is 456 g/mol. The highest BCUT2D eigenvalue weighted by Crippen LogP contribution is 2.38. The Morgan fingerprint density at radius 2 is 1.47 bits per heavy atom. The fourth-order valence-electron chi connectivity index (χ4n) is 5.56. The number of hydrogen-bond donors (Lipinski definition) is 0. The Labute approximate surface area is 210 Å². The molecule has 1 aliphatic carbocycles. The molecule has 2 saturated heterocycles. The van der Waals surface area contributed by atoms with Crippen LogP contribution in [0.4, 0.5) is 11.4 Å². The van der Waals surface area contributed by atoms with E-state index in [1.807, 2.05) is 30.4 Å². The molecular formula is C29H30N2O5. The number of fused-ring (bicyclic) bond motifs is 1. The topological polar surface area (TPSA) is 84.0 Å². The summed E-state index contributed by atoms with van der Waals surface area (Å²) in [7, 11) is 0. The zero-order valence-electron chi connectivity index (χ0n) is 20.6. The lowest BCUT2D eigenvalue weighted by Gasteiger charge is -2.23. The predicted molar refractivity (Wildman–Crippen MR) is 136 cm³/mol. The van der Waals surface area contributed by atoms with Crippen molar-refractivity contribution in [2.75, 3.05) is 16.3 Å². The van der Waals surface area contributed by atoms with Crippen molar-refractivity contribution < 1.29 is 23.9 Å². The van der Waals surface area contributed by atoms with E-state index in [2.05, 4.69) is 13.8 Å². The second-order valence-electron chi connectivity index (χ2n) is 9.62. The van der Waals surface area contributed by atoms with Crippen molar-refractivity contribution in [1.82, 2.24) is 0 Å². The Balaban J connectivity index is 1.27. The van der Waals surface area contributed by atoms with E-state index in [1.54, 1.807) is 29.2 Å². The third kappa shape index (κ3) is 4.12. The minimum atomic E-state index is -0.566. The van der Waals surface area contributed by atoms with E-state index in [1.165, 1.54) is 4.90 Å². The van der Waals surface area contributed by atoms with Crippen molar-refractivity contribution in [3.05, 3.63) is 65.7 Å². The third-order valence-corrected chi connectivity index (χ3v) is 7.51. The highest BCUT2D eigenvalue weighted by atomic mass is 16.5. The average molecular weight is 487 g/mol. The van der Waals surface area contributed by atoms with E-state index >= 15 is 0 Å². The molecule has 0 aromatic heterocycles. The molecule has 0 radical (unpaired) electrons. The number of amides is 3. The first-order chi connectivity index (χ1) is 17.4. The Morgan fingerprint density at radius 1 is 0.889 bits per heavy atom. The van der Waals surface area contributed by atoms with Crippen LogP contribution < -0.4 is 14.5 Å². The molecule has 3 atom stereocenters. The molecule has 7 nitrogen and oxygen atoms in total. The second kappa shape index (κ2) is 9.72. The van der Waals surface area contributed by atoms with Gasteiger partial charge in [-0.3, -0.25) is 24.1 Å². The van der Waals surface area contributed by atoms with E-state index < -0.39 is 11.9 Å². The number of rotatable bonds is 6. The number of esters is 1.